The van der Waals surface area contributed by atoms with Crippen molar-refractivity contribution in [3.63, 3.8) is 0 Å². The van der Waals surface area contributed by atoms with Gasteiger partial charge in [-0.3, -0.25) is 9.59 Å². The second-order valence-corrected chi connectivity index (χ2v) is 10.8. The Bertz CT molecular complexity index is 1500. The lowest BCUT2D eigenvalue weighted by molar-refractivity contribution is -0.143. The molecule has 2 atom stereocenters. The summed E-state index contributed by atoms with van der Waals surface area (Å²) in [7, 11) is 0. The van der Waals surface area contributed by atoms with Crippen LogP contribution in [0.5, 0.6) is 5.75 Å². The van der Waals surface area contributed by atoms with Crippen LogP contribution >= 0.6 is 34.5 Å². The average Bonchev–Trinajstić information content (AvgIpc) is 3.45. The molecule has 0 saturated carbocycles. The van der Waals surface area contributed by atoms with Crippen molar-refractivity contribution in [3.05, 3.63) is 67.6 Å². The number of amides is 1. The summed E-state index contributed by atoms with van der Waals surface area (Å²) in [5.41, 5.74) is 0.397. The van der Waals surface area contributed by atoms with Gasteiger partial charge in [-0.1, -0.05) is 29.3 Å². The minimum atomic E-state index is -0.629. The molecule has 1 aliphatic rings. The van der Waals surface area contributed by atoms with Crippen LogP contribution < -0.4 is 5.56 Å². The number of imidazole rings is 1. The van der Waals surface area contributed by atoms with Crippen LogP contribution in [0.1, 0.15) is 24.3 Å². The minimum Gasteiger partial charge on any atom is -0.501 e. The van der Waals surface area contributed by atoms with E-state index < -0.39 is 11.3 Å². The number of thiazole rings is 1. The Balaban J connectivity index is 1.43. The molecular weight excluding hydrogens is 525 g/mol. The minimum absolute atomic E-state index is 0.00698. The van der Waals surface area contributed by atoms with Crippen LogP contribution in [-0.4, -0.2) is 60.1 Å². The number of nitrogens with zero attached hydrogens (tertiary/aromatic N) is 5. The number of hydrogen-bond acceptors (Lipinski definition) is 7. The van der Waals surface area contributed by atoms with E-state index in [1.807, 2.05) is 19.9 Å². The van der Waals surface area contributed by atoms with Crippen LogP contribution in [0.3, 0.4) is 0 Å². The molecule has 4 aromatic rings. The standard InChI is InChI=1S/C24H23Cl2N5O4S/c1-13-10-30(11-14(2)35-13)19(32)12-29-5-6-31-23(34)21(33)20(28-24(29)31)22-27-9-16(36-22)7-15-3-4-17(25)18(26)8-15/h3-6,8-9,13-14,33H,7,10-12H2,1-2H3. The van der Waals surface area contributed by atoms with Crippen molar-refractivity contribution < 1.29 is 14.6 Å². The molecule has 36 heavy (non-hydrogen) atoms. The first kappa shape index (κ1) is 24.8. The zero-order valence-electron chi connectivity index (χ0n) is 19.5. The molecule has 5 rings (SSSR count). The Hall–Kier alpha value is -2.92. The van der Waals surface area contributed by atoms with Crippen molar-refractivity contribution in [2.75, 3.05) is 13.1 Å². The summed E-state index contributed by atoms with van der Waals surface area (Å²) in [6.07, 6.45) is 5.23. The highest BCUT2D eigenvalue weighted by atomic mass is 35.5. The largest absolute Gasteiger partial charge is 0.501 e. The van der Waals surface area contributed by atoms with E-state index in [0.717, 1.165) is 10.4 Å². The van der Waals surface area contributed by atoms with Gasteiger partial charge in [0.1, 0.15) is 11.6 Å². The first-order valence-electron chi connectivity index (χ1n) is 11.3. The van der Waals surface area contributed by atoms with Crippen molar-refractivity contribution >= 4 is 46.2 Å². The highest BCUT2D eigenvalue weighted by Gasteiger charge is 2.27. The summed E-state index contributed by atoms with van der Waals surface area (Å²) in [4.78, 5) is 37.4. The SMILES string of the molecule is CC1CN(C(=O)Cn2ccn3c(=O)c(O)c(-c4ncc(Cc5ccc(Cl)c(Cl)c5)s4)nc23)CC(C)O1. The molecule has 1 fully saturated rings. The molecule has 0 aliphatic carbocycles. The number of benzene rings is 1. The van der Waals surface area contributed by atoms with E-state index in [1.54, 1.807) is 34.0 Å². The number of morpholine rings is 1. The Morgan fingerprint density at radius 1 is 1.19 bits per heavy atom. The molecule has 0 spiro atoms. The second kappa shape index (κ2) is 9.85. The third-order valence-electron chi connectivity index (χ3n) is 5.92. The zero-order chi connectivity index (χ0) is 25.6. The van der Waals surface area contributed by atoms with Crippen LogP contribution in [0, 0.1) is 0 Å². The molecule has 1 aliphatic heterocycles. The molecule has 1 N–H and O–H groups in total. The lowest BCUT2D eigenvalue weighted by Crippen LogP contribution is -2.49. The molecule has 1 aromatic carbocycles. The first-order valence-corrected chi connectivity index (χ1v) is 12.9. The summed E-state index contributed by atoms with van der Waals surface area (Å²) in [5.74, 6) is -0.350. The lowest BCUT2D eigenvalue weighted by atomic mass is 10.1. The highest BCUT2D eigenvalue weighted by molar-refractivity contribution is 7.15. The number of halogens is 2. The predicted molar refractivity (Wildman–Crippen MR) is 138 cm³/mol. The fourth-order valence-electron chi connectivity index (χ4n) is 4.31. The van der Waals surface area contributed by atoms with E-state index in [0.29, 0.717) is 34.6 Å². The molecule has 0 bridgehead atoms. The van der Waals surface area contributed by atoms with Crippen molar-refractivity contribution in [2.45, 2.75) is 39.0 Å². The van der Waals surface area contributed by atoms with Gasteiger partial charge in [0.25, 0.3) is 0 Å². The van der Waals surface area contributed by atoms with E-state index in [-0.39, 0.29) is 36.1 Å². The maximum absolute atomic E-state index is 13.0. The number of hydrogen-bond donors (Lipinski definition) is 1. The number of rotatable bonds is 5. The molecule has 2 unspecified atom stereocenters. The van der Waals surface area contributed by atoms with Crippen molar-refractivity contribution in [3.8, 4) is 16.5 Å². The molecular formula is C24H23Cl2N5O4S. The van der Waals surface area contributed by atoms with Gasteiger partial charge < -0.3 is 19.3 Å². The van der Waals surface area contributed by atoms with E-state index in [4.69, 9.17) is 27.9 Å². The third-order valence-corrected chi connectivity index (χ3v) is 7.67. The maximum atomic E-state index is 13.0. The van der Waals surface area contributed by atoms with Crippen LogP contribution in [0.2, 0.25) is 10.0 Å². The normalized spacial score (nSPS) is 18.2. The topological polar surface area (TPSA) is 102 Å². The Labute approximate surface area is 220 Å². The quantitative estimate of drug-likeness (QED) is 0.407. The number of fused-ring (bicyclic) bond motifs is 1. The Kier molecular flexibility index (Phi) is 6.78. The predicted octanol–water partition coefficient (Wildman–Crippen LogP) is 3.86. The van der Waals surface area contributed by atoms with E-state index in [9.17, 15) is 14.7 Å². The zero-order valence-corrected chi connectivity index (χ0v) is 21.8. The summed E-state index contributed by atoms with van der Waals surface area (Å²) >= 11 is 13.4. The smallest absolute Gasteiger partial charge is 0.302 e. The summed E-state index contributed by atoms with van der Waals surface area (Å²) in [6.45, 7) is 4.88. The average molecular weight is 548 g/mol. The van der Waals surface area contributed by atoms with Gasteiger partial charge in [-0.15, -0.1) is 11.3 Å². The van der Waals surface area contributed by atoms with Crippen LogP contribution in [0.15, 0.2) is 41.6 Å². The Morgan fingerprint density at radius 3 is 2.67 bits per heavy atom. The van der Waals surface area contributed by atoms with Crippen LogP contribution in [0.4, 0.5) is 0 Å². The van der Waals surface area contributed by atoms with E-state index >= 15 is 0 Å². The van der Waals surface area contributed by atoms with Crippen LogP contribution in [0.25, 0.3) is 16.5 Å². The van der Waals surface area contributed by atoms with E-state index in [2.05, 4.69) is 9.97 Å². The van der Waals surface area contributed by atoms with Gasteiger partial charge in [0.05, 0.1) is 22.3 Å². The van der Waals surface area contributed by atoms with Gasteiger partial charge in [-0.05, 0) is 31.5 Å². The third kappa shape index (κ3) is 4.86. The van der Waals surface area contributed by atoms with Gasteiger partial charge in [0, 0.05) is 43.0 Å². The summed E-state index contributed by atoms with van der Waals surface area (Å²) in [5, 5.41) is 12.0. The van der Waals surface area contributed by atoms with Gasteiger partial charge in [0.2, 0.25) is 17.4 Å². The molecule has 3 aromatic heterocycles. The lowest BCUT2D eigenvalue weighted by Gasteiger charge is -2.35. The number of aromatic nitrogens is 4. The van der Waals surface area contributed by atoms with Gasteiger partial charge in [0.15, 0.2) is 5.69 Å². The molecule has 188 valence electrons. The van der Waals surface area contributed by atoms with Crippen molar-refractivity contribution in [2.24, 2.45) is 0 Å². The van der Waals surface area contributed by atoms with Gasteiger partial charge in [-0.2, -0.15) is 0 Å². The molecule has 12 heteroatoms. The Morgan fingerprint density at radius 2 is 1.94 bits per heavy atom. The molecule has 1 amide bonds. The number of aromatic hydroxyl groups is 1. The number of carbonyl (C=O) groups is 1. The van der Waals surface area contributed by atoms with E-state index in [1.165, 1.54) is 21.9 Å². The molecule has 9 nitrogen and oxygen atoms in total. The maximum Gasteiger partial charge on any atom is 0.302 e. The highest BCUT2D eigenvalue weighted by Crippen LogP contribution is 2.31. The molecule has 4 heterocycles. The molecule has 1 saturated heterocycles. The van der Waals surface area contributed by atoms with Gasteiger partial charge >= 0.3 is 5.56 Å². The van der Waals surface area contributed by atoms with Crippen LogP contribution in [-0.2, 0) is 22.5 Å². The monoisotopic (exact) mass is 547 g/mol. The summed E-state index contributed by atoms with van der Waals surface area (Å²) < 4.78 is 8.53. The second-order valence-electron chi connectivity index (χ2n) is 8.82. The number of carbonyl (C=O) groups excluding carboxylic acids is 1. The van der Waals surface area contributed by atoms with Crippen molar-refractivity contribution in [1.82, 2.24) is 23.8 Å². The van der Waals surface area contributed by atoms with Crippen molar-refractivity contribution in [1.29, 1.82) is 0 Å². The van der Waals surface area contributed by atoms with Gasteiger partial charge in [-0.25, -0.2) is 14.4 Å². The first-order chi connectivity index (χ1) is 17.2. The summed E-state index contributed by atoms with van der Waals surface area (Å²) in [6, 6.07) is 5.40. The number of ether oxygens (including phenoxy) is 1. The molecule has 0 radical (unpaired) electrons. The fraction of sp³-hybridized carbons (Fsp3) is 0.333. The fourth-order valence-corrected chi connectivity index (χ4v) is 5.57.